The second-order valence-electron chi connectivity index (χ2n) is 6.63. The van der Waals surface area contributed by atoms with E-state index in [2.05, 4.69) is 15.6 Å². The third-order valence-corrected chi connectivity index (χ3v) is 4.30. The van der Waals surface area contributed by atoms with Crippen LogP contribution >= 0.6 is 0 Å². The van der Waals surface area contributed by atoms with Gasteiger partial charge in [0.1, 0.15) is 23.2 Å². The van der Waals surface area contributed by atoms with Gasteiger partial charge < -0.3 is 15.1 Å². The topological polar surface area (TPSA) is 91.0 Å². The number of hydrogen-bond donors (Lipinski definition) is 2. The van der Waals surface area contributed by atoms with Crippen molar-refractivity contribution in [1.29, 1.82) is 5.26 Å². The van der Waals surface area contributed by atoms with Gasteiger partial charge in [-0.3, -0.25) is 4.98 Å². The number of benzene rings is 1. The van der Waals surface area contributed by atoms with Crippen LogP contribution in [0.1, 0.15) is 36.8 Å². The number of anilines is 1. The van der Waals surface area contributed by atoms with Crippen molar-refractivity contribution in [3.8, 4) is 6.07 Å². The number of carbonyl (C=O) groups excluding carboxylic acids is 1. The Balaban J connectivity index is 1.85. The van der Waals surface area contributed by atoms with Crippen molar-refractivity contribution in [1.82, 2.24) is 10.3 Å². The summed E-state index contributed by atoms with van der Waals surface area (Å²) >= 11 is 0. The fraction of sp³-hybridized carbons (Fsp3) is 0.250. The normalized spacial score (nSPS) is 12.0. The summed E-state index contributed by atoms with van der Waals surface area (Å²) in [6.07, 6.45) is 2.87. The van der Waals surface area contributed by atoms with Gasteiger partial charge in [0.25, 0.3) is 0 Å². The van der Waals surface area contributed by atoms with Crippen LogP contribution < -0.4 is 10.6 Å². The molecule has 0 bridgehead atoms. The molecule has 27 heavy (non-hydrogen) atoms. The fourth-order valence-corrected chi connectivity index (χ4v) is 2.92. The highest BCUT2D eigenvalue weighted by Crippen LogP contribution is 2.33. The van der Waals surface area contributed by atoms with Gasteiger partial charge in [-0.2, -0.15) is 5.26 Å². The van der Waals surface area contributed by atoms with Gasteiger partial charge in [0, 0.05) is 17.1 Å². The van der Waals surface area contributed by atoms with Crippen molar-refractivity contribution in [3.05, 3.63) is 59.4 Å². The van der Waals surface area contributed by atoms with Crippen LogP contribution in [0.2, 0.25) is 0 Å². The number of carbonyl (C=O) groups is 1. The lowest BCUT2D eigenvalue weighted by atomic mass is 9.98. The number of aryl methyl sites for hydroxylation is 1. The molecule has 0 saturated carbocycles. The molecule has 3 rings (SSSR count). The lowest BCUT2D eigenvalue weighted by Crippen LogP contribution is -2.35. The minimum Gasteiger partial charge on any atom is -0.459 e. The first-order valence-corrected chi connectivity index (χ1v) is 8.50. The Kier molecular flexibility index (Phi) is 5.08. The molecule has 2 heterocycles. The highest BCUT2D eigenvalue weighted by atomic mass is 19.1. The molecule has 2 N–H and O–H groups in total. The largest absolute Gasteiger partial charge is 0.459 e. The van der Waals surface area contributed by atoms with Crippen molar-refractivity contribution < 1.29 is 13.6 Å². The van der Waals surface area contributed by atoms with E-state index >= 15 is 0 Å². The van der Waals surface area contributed by atoms with E-state index < -0.39 is 12.1 Å². The summed E-state index contributed by atoms with van der Waals surface area (Å²) in [5.74, 6) is 0.280. The standard InChI is InChI=1S/C20H19FN4O2/c1-11(2)18(19-12(3)16-7-14(21)4-5-17(16)27-19)25-20(26)24-15-6-13(8-22)9-23-10-15/h4-7,9-11,18H,1-3H3,(H2,24,25,26)/t18-/m0/s1. The molecule has 0 fully saturated rings. The quantitative estimate of drug-likeness (QED) is 0.702. The minimum atomic E-state index is -0.448. The number of fused-ring (bicyclic) bond motifs is 1. The summed E-state index contributed by atoms with van der Waals surface area (Å²) in [6.45, 7) is 5.75. The van der Waals surface area contributed by atoms with Crippen LogP contribution in [0.15, 0.2) is 41.1 Å². The average Bonchev–Trinajstić information content (AvgIpc) is 2.95. The van der Waals surface area contributed by atoms with Crippen LogP contribution in [0.5, 0.6) is 0 Å². The van der Waals surface area contributed by atoms with Crippen molar-refractivity contribution in [2.45, 2.75) is 26.8 Å². The third-order valence-electron chi connectivity index (χ3n) is 4.30. The van der Waals surface area contributed by atoms with Crippen LogP contribution in [-0.2, 0) is 0 Å². The van der Waals surface area contributed by atoms with E-state index in [-0.39, 0.29) is 11.7 Å². The second-order valence-corrected chi connectivity index (χ2v) is 6.63. The molecule has 138 valence electrons. The molecule has 0 radical (unpaired) electrons. The molecule has 3 aromatic rings. The highest BCUT2D eigenvalue weighted by Gasteiger charge is 2.25. The first kappa shape index (κ1) is 18.4. The zero-order valence-electron chi connectivity index (χ0n) is 15.2. The molecule has 0 unspecified atom stereocenters. The van der Waals surface area contributed by atoms with E-state index in [0.29, 0.717) is 28.0 Å². The van der Waals surface area contributed by atoms with Gasteiger partial charge in [0.05, 0.1) is 23.5 Å². The van der Waals surface area contributed by atoms with Crippen LogP contribution in [-0.4, -0.2) is 11.0 Å². The molecule has 0 saturated heterocycles. The Labute approximate surface area is 156 Å². The lowest BCUT2D eigenvalue weighted by Gasteiger charge is -2.21. The fourth-order valence-electron chi connectivity index (χ4n) is 2.92. The second kappa shape index (κ2) is 7.46. The summed E-state index contributed by atoms with van der Waals surface area (Å²) in [7, 11) is 0. The maximum absolute atomic E-state index is 13.5. The number of aromatic nitrogens is 1. The van der Waals surface area contributed by atoms with E-state index in [9.17, 15) is 9.18 Å². The summed E-state index contributed by atoms with van der Waals surface area (Å²) in [4.78, 5) is 16.4. The molecule has 6 nitrogen and oxygen atoms in total. The summed E-state index contributed by atoms with van der Waals surface area (Å²) in [6, 6.07) is 7.00. The maximum Gasteiger partial charge on any atom is 0.319 e. The van der Waals surface area contributed by atoms with Gasteiger partial charge in [0.2, 0.25) is 0 Å². The smallest absolute Gasteiger partial charge is 0.319 e. The van der Waals surface area contributed by atoms with Crippen LogP contribution in [0, 0.1) is 30.0 Å². The number of nitrogens with zero attached hydrogens (tertiary/aromatic N) is 2. The van der Waals surface area contributed by atoms with E-state index in [1.54, 1.807) is 6.07 Å². The monoisotopic (exact) mass is 366 g/mol. The number of urea groups is 1. The number of furan rings is 1. The first-order valence-electron chi connectivity index (χ1n) is 8.50. The molecular formula is C20H19FN4O2. The number of halogens is 1. The third kappa shape index (κ3) is 3.90. The van der Waals surface area contributed by atoms with Gasteiger partial charge >= 0.3 is 6.03 Å². The molecule has 0 spiro atoms. The summed E-state index contributed by atoms with van der Waals surface area (Å²) in [5, 5.41) is 15.2. The lowest BCUT2D eigenvalue weighted by molar-refractivity contribution is 0.241. The molecule has 0 aliphatic rings. The highest BCUT2D eigenvalue weighted by molar-refractivity contribution is 5.90. The molecule has 2 aromatic heterocycles. The number of amides is 2. The number of pyridine rings is 1. The van der Waals surface area contributed by atoms with Crippen molar-refractivity contribution in [2.75, 3.05) is 5.32 Å². The van der Waals surface area contributed by atoms with Crippen LogP contribution in [0.4, 0.5) is 14.9 Å². The van der Waals surface area contributed by atoms with Crippen LogP contribution in [0.25, 0.3) is 11.0 Å². The van der Waals surface area contributed by atoms with Crippen LogP contribution in [0.3, 0.4) is 0 Å². The molecule has 7 heteroatoms. The van der Waals surface area contributed by atoms with E-state index in [4.69, 9.17) is 9.68 Å². The van der Waals surface area contributed by atoms with Gasteiger partial charge in [-0.05, 0) is 37.1 Å². The molecule has 1 atom stereocenters. The van der Waals surface area contributed by atoms with Crippen molar-refractivity contribution in [2.24, 2.45) is 5.92 Å². The summed E-state index contributed by atoms with van der Waals surface area (Å²) in [5.41, 5.74) is 2.13. The number of hydrogen-bond acceptors (Lipinski definition) is 4. The zero-order valence-corrected chi connectivity index (χ0v) is 15.2. The summed E-state index contributed by atoms with van der Waals surface area (Å²) < 4.78 is 19.4. The van der Waals surface area contributed by atoms with E-state index in [1.807, 2.05) is 26.8 Å². The Bertz CT molecular complexity index is 1040. The van der Waals surface area contributed by atoms with Gasteiger partial charge in [0.15, 0.2) is 0 Å². The average molecular weight is 366 g/mol. The zero-order chi connectivity index (χ0) is 19.6. The van der Waals surface area contributed by atoms with E-state index in [0.717, 1.165) is 5.56 Å². The van der Waals surface area contributed by atoms with Gasteiger partial charge in [-0.15, -0.1) is 0 Å². The predicted molar refractivity (Wildman–Crippen MR) is 99.6 cm³/mol. The molecule has 2 amide bonds. The molecule has 1 aromatic carbocycles. The molecule has 0 aliphatic carbocycles. The SMILES string of the molecule is Cc1c([C@@H](NC(=O)Nc2cncc(C#N)c2)C(C)C)oc2ccc(F)cc12. The maximum atomic E-state index is 13.5. The van der Waals surface area contributed by atoms with Gasteiger partial charge in [-0.25, -0.2) is 9.18 Å². The Hall–Kier alpha value is -3.40. The Morgan fingerprint density at radius 1 is 1.30 bits per heavy atom. The molecule has 0 aliphatic heterocycles. The van der Waals surface area contributed by atoms with Gasteiger partial charge in [-0.1, -0.05) is 13.8 Å². The minimum absolute atomic E-state index is 0.0310. The Morgan fingerprint density at radius 3 is 2.78 bits per heavy atom. The number of nitriles is 1. The number of nitrogens with one attached hydrogen (secondary N) is 2. The van der Waals surface area contributed by atoms with E-state index in [1.165, 1.54) is 30.6 Å². The Morgan fingerprint density at radius 2 is 2.07 bits per heavy atom. The van der Waals surface area contributed by atoms with Crippen molar-refractivity contribution in [3.63, 3.8) is 0 Å². The molecular weight excluding hydrogens is 347 g/mol. The van der Waals surface area contributed by atoms with Crippen molar-refractivity contribution >= 4 is 22.7 Å². The predicted octanol–water partition coefficient (Wildman–Crippen LogP) is 4.67. The number of rotatable bonds is 4. The first-order chi connectivity index (χ1) is 12.9.